The highest BCUT2D eigenvalue weighted by molar-refractivity contribution is 6.02. The van der Waals surface area contributed by atoms with E-state index in [0.29, 0.717) is 5.84 Å². The van der Waals surface area contributed by atoms with Crippen LogP contribution in [0.5, 0.6) is 0 Å². The summed E-state index contributed by atoms with van der Waals surface area (Å²) in [4.78, 5) is 4.20. The number of pyridine rings is 1. The van der Waals surface area contributed by atoms with Gasteiger partial charge in [-0.25, -0.2) is 0 Å². The first-order chi connectivity index (χ1) is 11.2. The number of nitrogens with one attached hydrogen (secondary N) is 2. The van der Waals surface area contributed by atoms with Crippen LogP contribution in [0.1, 0.15) is 23.6 Å². The molecule has 2 heterocycles. The van der Waals surface area contributed by atoms with Crippen LogP contribution in [-0.4, -0.2) is 10.8 Å². The lowest BCUT2D eigenvalue weighted by molar-refractivity contribution is 0.550. The molecule has 0 spiro atoms. The highest BCUT2D eigenvalue weighted by atomic mass is 15.1. The molecule has 0 bridgehead atoms. The van der Waals surface area contributed by atoms with Crippen molar-refractivity contribution in [2.75, 3.05) is 0 Å². The third-order valence-electron chi connectivity index (χ3n) is 4.54. The molecule has 0 fully saturated rings. The topological polar surface area (TPSA) is 48.8 Å². The number of rotatable bonds is 2. The van der Waals surface area contributed by atoms with Gasteiger partial charge in [0.1, 0.15) is 5.84 Å². The van der Waals surface area contributed by atoms with E-state index in [9.17, 15) is 0 Å². The molecule has 1 aromatic heterocycles. The van der Waals surface area contributed by atoms with Crippen molar-refractivity contribution in [3.8, 4) is 11.1 Å². The molecule has 0 amide bonds. The Bertz CT molecular complexity index is 886. The Morgan fingerprint density at radius 2 is 1.78 bits per heavy atom. The van der Waals surface area contributed by atoms with Crippen molar-refractivity contribution in [1.82, 2.24) is 10.3 Å². The van der Waals surface area contributed by atoms with Gasteiger partial charge in [0.05, 0.1) is 5.54 Å². The summed E-state index contributed by atoms with van der Waals surface area (Å²) < 4.78 is 0. The molecule has 0 radical (unpaired) electrons. The molecule has 1 aliphatic heterocycles. The molecule has 0 aliphatic carbocycles. The molecule has 3 heteroatoms. The predicted molar refractivity (Wildman–Crippen MR) is 92.5 cm³/mol. The zero-order valence-corrected chi connectivity index (χ0v) is 12.9. The lowest BCUT2D eigenvalue weighted by Gasteiger charge is -2.27. The first-order valence-corrected chi connectivity index (χ1v) is 7.66. The second-order valence-electron chi connectivity index (χ2n) is 5.99. The van der Waals surface area contributed by atoms with Gasteiger partial charge >= 0.3 is 0 Å². The van der Waals surface area contributed by atoms with Crippen molar-refractivity contribution in [1.29, 1.82) is 5.41 Å². The zero-order chi connectivity index (χ0) is 15.9. The summed E-state index contributed by atoms with van der Waals surface area (Å²) in [5.74, 6) is 0.481. The molecule has 112 valence electrons. The number of fused-ring (bicyclic) bond motifs is 1. The van der Waals surface area contributed by atoms with E-state index in [-0.39, 0.29) is 5.54 Å². The summed E-state index contributed by atoms with van der Waals surface area (Å²) >= 11 is 0. The molecular formula is C20H17N3. The smallest absolute Gasteiger partial charge is 0.126 e. The molecule has 2 N–H and O–H groups in total. The number of amidine groups is 1. The highest BCUT2D eigenvalue weighted by Crippen LogP contribution is 2.37. The minimum absolute atomic E-state index is 0.383. The number of nitrogens with zero attached hydrogens (tertiary/aromatic N) is 1. The molecule has 1 unspecified atom stereocenters. The number of hydrogen-bond acceptors (Lipinski definition) is 2. The average Bonchev–Trinajstić information content (AvgIpc) is 2.88. The van der Waals surface area contributed by atoms with E-state index < -0.39 is 0 Å². The molecule has 23 heavy (non-hydrogen) atoms. The highest BCUT2D eigenvalue weighted by Gasteiger charge is 2.38. The minimum Gasteiger partial charge on any atom is -0.357 e. The van der Waals surface area contributed by atoms with Crippen molar-refractivity contribution < 1.29 is 0 Å². The van der Waals surface area contributed by atoms with Gasteiger partial charge in [-0.1, -0.05) is 48.5 Å². The largest absolute Gasteiger partial charge is 0.357 e. The van der Waals surface area contributed by atoms with Crippen LogP contribution in [0.4, 0.5) is 0 Å². The van der Waals surface area contributed by atoms with Gasteiger partial charge in [-0.15, -0.1) is 0 Å². The van der Waals surface area contributed by atoms with E-state index in [2.05, 4.69) is 53.6 Å². The van der Waals surface area contributed by atoms with Crippen LogP contribution in [0.2, 0.25) is 0 Å². The van der Waals surface area contributed by atoms with Gasteiger partial charge in [0, 0.05) is 18.0 Å². The summed E-state index contributed by atoms with van der Waals surface area (Å²) in [7, 11) is 0. The fraction of sp³-hybridized carbons (Fsp3) is 0.100. The van der Waals surface area contributed by atoms with Crippen molar-refractivity contribution in [2.24, 2.45) is 0 Å². The molecule has 1 atom stereocenters. The second kappa shape index (κ2) is 5.06. The molecule has 2 aromatic carbocycles. The van der Waals surface area contributed by atoms with Gasteiger partial charge in [0.25, 0.3) is 0 Å². The Kier molecular flexibility index (Phi) is 3.01. The molecule has 1 aliphatic rings. The Morgan fingerprint density at radius 3 is 2.61 bits per heavy atom. The Hall–Kier alpha value is -2.94. The van der Waals surface area contributed by atoms with Crippen LogP contribution in [0.3, 0.4) is 0 Å². The van der Waals surface area contributed by atoms with E-state index in [1.165, 1.54) is 0 Å². The van der Waals surface area contributed by atoms with Gasteiger partial charge in [-0.2, -0.15) is 0 Å². The summed E-state index contributed by atoms with van der Waals surface area (Å²) in [6, 6.07) is 20.6. The van der Waals surface area contributed by atoms with Crippen molar-refractivity contribution in [3.05, 3.63) is 89.7 Å². The van der Waals surface area contributed by atoms with Crippen LogP contribution in [0.15, 0.2) is 73.1 Å². The fourth-order valence-electron chi connectivity index (χ4n) is 3.29. The monoisotopic (exact) mass is 299 g/mol. The third kappa shape index (κ3) is 2.13. The maximum atomic E-state index is 8.23. The Labute approximate surface area is 135 Å². The Balaban J connectivity index is 1.85. The van der Waals surface area contributed by atoms with Crippen LogP contribution >= 0.6 is 0 Å². The molecule has 3 aromatic rings. The second-order valence-corrected chi connectivity index (χ2v) is 5.99. The molecular weight excluding hydrogens is 282 g/mol. The lowest BCUT2D eigenvalue weighted by atomic mass is 9.84. The summed E-state index contributed by atoms with van der Waals surface area (Å²) in [5.41, 5.74) is 5.11. The summed E-state index contributed by atoms with van der Waals surface area (Å²) in [6.07, 6.45) is 3.66. The molecule has 0 saturated carbocycles. The number of hydrogen-bond donors (Lipinski definition) is 2. The van der Waals surface area contributed by atoms with Gasteiger partial charge < -0.3 is 5.32 Å². The van der Waals surface area contributed by atoms with Crippen LogP contribution in [0.25, 0.3) is 11.1 Å². The maximum absolute atomic E-state index is 8.23. The van der Waals surface area contributed by atoms with Crippen molar-refractivity contribution in [3.63, 3.8) is 0 Å². The quantitative estimate of drug-likeness (QED) is 0.753. The van der Waals surface area contributed by atoms with Gasteiger partial charge in [-0.3, -0.25) is 10.4 Å². The van der Waals surface area contributed by atoms with Crippen LogP contribution < -0.4 is 5.32 Å². The van der Waals surface area contributed by atoms with Crippen molar-refractivity contribution in [2.45, 2.75) is 12.5 Å². The van der Waals surface area contributed by atoms with E-state index in [1.54, 1.807) is 6.20 Å². The van der Waals surface area contributed by atoms with E-state index >= 15 is 0 Å². The fourth-order valence-corrected chi connectivity index (χ4v) is 3.29. The summed E-state index contributed by atoms with van der Waals surface area (Å²) in [6.45, 7) is 2.13. The zero-order valence-electron chi connectivity index (χ0n) is 12.9. The van der Waals surface area contributed by atoms with Crippen LogP contribution in [-0.2, 0) is 5.54 Å². The van der Waals surface area contributed by atoms with E-state index in [4.69, 9.17) is 5.41 Å². The van der Waals surface area contributed by atoms with Crippen molar-refractivity contribution >= 4 is 5.84 Å². The van der Waals surface area contributed by atoms with Gasteiger partial charge in [0.15, 0.2) is 0 Å². The molecule has 3 nitrogen and oxygen atoms in total. The third-order valence-corrected chi connectivity index (χ3v) is 4.54. The minimum atomic E-state index is -0.383. The molecule has 4 rings (SSSR count). The van der Waals surface area contributed by atoms with Gasteiger partial charge in [-0.05, 0) is 41.3 Å². The van der Waals surface area contributed by atoms with Crippen LogP contribution in [0, 0.1) is 5.41 Å². The van der Waals surface area contributed by atoms with E-state index in [0.717, 1.165) is 27.8 Å². The van der Waals surface area contributed by atoms with Gasteiger partial charge in [0.2, 0.25) is 0 Å². The summed E-state index contributed by atoms with van der Waals surface area (Å²) in [5, 5.41) is 11.6. The normalized spacial score (nSPS) is 19.3. The SMILES string of the molecule is CC1(c2cccc(-c3cccnc3)c2)NC(=N)c2ccccc21. The average molecular weight is 299 g/mol. The predicted octanol–water partition coefficient (Wildman–Crippen LogP) is 3.94. The number of aromatic nitrogens is 1. The first kappa shape index (κ1) is 13.7. The molecule has 0 saturated heterocycles. The lowest BCUT2D eigenvalue weighted by Crippen LogP contribution is -2.37. The van der Waals surface area contributed by atoms with E-state index in [1.807, 2.05) is 30.5 Å². The standard InChI is InChI=1S/C20H17N3/c1-20(18-10-3-2-9-17(18)19(21)23-20)16-8-4-6-14(12-16)15-7-5-11-22-13-15/h2-13H,1H3,(H2,21,23). The Morgan fingerprint density at radius 1 is 0.957 bits per heavy atom. The first-order valence-electron chi connectivity index (χ1n) is 7.66. The maximum Gasteiger partial charge on any atom is 0.126 e. The number of benzene rings is 2.